The van der Waals surface area contributed by atoms with Crippen molar-refractivity contribution < 1.29 is 9.22 Å². The molecule has 0 spiro atoms. The molecule has 0 aliphatic carbocycles. The number of aromatic hydroxyl groups is 1. The van der Waals surface area contributed by atoms with Gasteiger partial charge in [0.05, 0.1) is 28.0 Å². The molecular weight excluding hydrogens is 791 g/mol. The highest BCUT2D eigenvalue weighted by Crippen LogP contribution is 2.46. The average molecular weight is 853 g/mol. The summed E-state index contributed by atoms with van der Waals surface area (Å²) in [5.74, 6) is 0.742. The summed E-state index contributed by atoms with van der Waals surface area (Å²) in [5, 5.41) is 11.7. The molecular formula is C61H59N3O. The number of hydrogen-bond donors (Lipinski definition) is 1. The number of benzene rings is 7. The zero-order chi connectivity index (χ0) is 48.3. The van der Waals surface area contributed by atoms with E-state index >= 15 is 0 Å². The van der Waals surface area contributed by atoms with E-state index in [4.69, 9.17) is 14.1 Å². The molecule has 4 nitrogen and oxygen atoms in total. The Balaban J connectivity index is 1.34. The first-order chi connectivity index (χ1) is 32.2. The topological polar surface area (TPSA) is 50.9 Å². The summed E-state index contributed by atoms with van der Waals surface area (Å²) in [4.78, 5) is 10.5. The number of rotatable bonds is 7. The van der Waals surface area contributed by atoms with Crippen molar-refractivity contribution in [2.75, 3.05) is 0 Å². The third-order valence-electron chi connectivity index (χ3n) is 12.6. The lowest BCUT2D eigenvalue weighted by atomic mass is 9.82. The normalized spacial score (nSPS) is 13.1. The molecule has 2 heterocycles. The largest absolute Gasteiger partial charge is 0.507 e. The summed E-state index contributed by atoms with van der Waals surface area (Å²) in [5.41, 5.74) is 15.5. The molecule has 324 valence electrons. The predicted molar refractivity (Wildman–Crippen MR) is 274 cm³/mol. The number of aryl methyl sites for hydroxylation is 1. The Morgan fingerprint density at radius 3 is 1.58 bits per heavy atom. The molecule has 0 atom stereocenters. The number of aromatic nitrogens is 3. The van der Waals surface area contributed by atoms with Crippen LogP contribution in [0, 0.1) is 6.85 Å². The maximum atomic E-state index is 11.7. The van der Waals surface area contributed by atoms with Gasteiger partial charge in [-0.05, 0) is 122 Å². The zero-order valence-electron chi connectivity index (χ0n) is 42.0. The van der Waals surface area contributed by atoms with E-state index in [0.717, 1.165) is 66.8 Å². The molecule has 9 rings (SSSR count). The minimum absolute atomic E-state index is 0.0508. The van der Waals surface area contributed by atoms with Gasteiger partial charge in [0.25, 0.3) is 0 Å². The van der Waals surface area contributed by atoms with Crippen LogP contribution in [0.4, 0.5) is 0 Å². The van der Waals surface area contributed by atoms with Crippen LogP contribution in [-0.2, 0) is 16.2 Å². The van der Waals surface area contributed by atoms with Gasteiger partial charge in [0.15, 0.2) is 0 Å². The summed E-state index contributed by atoms with van der Waals surface area (Å²) in [7, 11) is 0. The fourth-order valence-corrected chi connectivity index (χ4v) is 8.75. The lowest BCUT2D eigenvalue weighted by Crippen LogP contribution is -2.13. The molecule has 0 unspecified atom stereocenters. The van der Waals surface area contributed by atoms with E-state index in [-0.39, 0.29) is 27.6 Å². The molecule has 0 amide bonds. The summed E-state index contributed by atoms with van der Waals surface area (Å²) < 4.78 is 27.8. The summed E-state index contributed by atoms with van der Waals surface area (Å²) in [6.07, 6.45) is 1.53. The zero-order valence-corrected chi connectivity index (χ0v) is 39.0. The van der Waals surface area contributed by atoms with Crippen molar-refractivity contribution in [2.45, 2.75) is 85.4 Å². The lowest BCUT2D eigenvalue weighted by molar-refractivity contribution is 0.477. The van der Waals surface area contributed by atoms with Crippen molar-refractivity contribution in [2.24, 2.45) is 0 Å². The summed E-state index contributed by atoms with van der Waals surface area (Å²) in [6, 6.07) is 56.2. The maximum absolute atomic E-state index is 11.7. The molecule has 2 aromatic heterocycles. The highest BCUT2D eigenvalue weighted by atomic mass is 16.3. The van der Waals surface area contributed by atoms with Crippen LogP contribution < -0.4 is 0 Å². The Morgan fingerprint density at radius 2 is 1.00 bits per heavy atom. The molecule has 0 fully saturated rings. The van der Waals surface area contributed by atoms with Gasteiger partial charge in [-0.2, -0.15) is 0 Å². The van der Waals surface area contributed by atoms with Gasteiger partial charge < -0.3 is 5.11 Å². The third kappa shape index (κ3) is 8.42. The number of hydrogen-bond acceptors (Lipinski definition) is 3. The van der Waals surface area contributed by atoms with Crippen LogP contribution in [-0.4, -0.2) is 19.6 Å². The lowest BCUT2D eigenvalue weighted by Gasteiger charge is -2.26. The van der Waals surface area contributed by atoms with Gasteiger partial charge in [0.2, 0.25) is 0 Å². The Morgan fingerprint density at radius 1 is 0.462 bits per heavy atom. The van der Waals surface area contributed by atoms with E-state index in [2.05, 4.69) is 176 Å². The Labute approximate surface area is 389 Å². The number of pyridine rings is 1. The SMILES string of the molecule is [2H]C([2H])([2H])c1cnc(-c2cc(-c3cccc4c3nc(-c3ccccc3O)n4-c3c(-c4ccccc4)cc(C(C)(C)C)cc3-c3ccccc3)cc(C(C)(C)C)c2)cc1-c1ccc(C(C)(C)C)cc1. The smallest absolute Gasteiger partial charge is 0.149 e. The van der Waals surface area contributed by atoms with Gasteiger partial charge in [0.1, 0.15) is 11.6 Å². The average Bonchev–Trinajstić information content (AvgIpc) is 3.69. The molecule has 0 saturated heterocycles. The molecule has 7 aromatic carbocycles. The van der Waals surface area contributed by atoms with Gasteiger partial charge in [-0.15, -0.1) is 0 Å². The number of para-hydroxylation sites is 2. The van der Waals surface area contributed by atoms with Gasteiger partial charge in [-0.25, -0.2) is 4.98 Å². The molecule has 0 aliphatic heterocycles. The van der Waals surface area contributed by atoms with Crippen molar-refractivity contribution in [1.82, 2.24) is 14.5 Å². The third-order valence-corrected chi connectivity index (χ3v) is 12.6. The van der Waals surface area contributed by atoms with Crippen LogP contribution in [0.1, 0.15) is 88.7 Å². The second-order valence-corrected chi connectivity index (χ2v) is 20.4. The highest BCUT2D eigenvalue weighted by Gasteiger charge is 2.28. The summed E-state index contributed by atoms with van der Waals surface area (Å²) in [6.45, 7) is 17.5. The van der Waals surface area contributed by atoms with Crippen molar-refractivity contribution in [3.05, 3.63) is 192 Å². The van der Waals surface area contributed by atoms with Gasteiger partial charge in [-0.1, -0.05) is 178 Å². The van der Waals surface area contributed by atoms with Crippen molar-refractivity contribution in [3.8, 4) is 78.6 Å². The molecule has 0 saturated carbocycles. The van der Waals surface area contributed by atoms with Crippen LogP contribution in [0.3, 0.4) is 0 Å². The number of fused-ring (bicyclic) bond motifs is 1. The van der Waals surface area contributed by atoms with E-state index in [1.165, 1.54) is 17.3 Å². The van der Waals surface area contributed by atoms with E-state index in [9.17, 15) is 5.11 Å². The van der Waals surface area contributed by atoms with Crippen LogP contribution in [0.2, 0.25) is 0 Å². The quantitative estimate of drug-likeness (QED) is 0.174. The van der Waals surface area contributed by atoms with E-state index in [0.29, 0.717) is 22.6 Å². The molecule has 65 heavy (non-hydrogen) atoms. The molecule has 0 aliphatic rings. The minimum atomic E-state index is -2.37. The molecule has 9 aromatic rings. The van der Waals surface area contributed by atoms with Crippen molar-refractivity contribution >= 4 is 11.0 Å². The predicted octanol–water partition coefficient (Wildman–Crippen LogP) is 16.3. The fraction of sp³-hybridized carbons (Fsp3) is 0.213. The number of imidazole rings is 1. The molecule has 0 bridgehead atoms. The van der Waals surface area contributed by atoms with E-state index in [1.807, 2.05) is 48.5 Å². The van der Waals surface area contributed by atoms with Crippen molar-refractivity contribution in [1.29, 1.82) is 0 Å². The highest BCUT2D eigenvalue weighted by molar-refractivity contribution is 5.99. The van der Waals surface area contributed by atoms with Gasteiger partial charge in [0, 0.05) is 32.6 Å². The second kappa shape index (κ2) is 16.5. The second-order valence-electron chi connectivity index (χ2n) is 20.4. The van der Waals surface area contributed by atoms with Crippen LogP contribution >= 0.6 is 0 Å². The minimum Gasteiger partial charge on any atom is -0.507 e. The number of phenols is 1. The summed E-state index contributed by atoms with van der Waals surface area (Å²) >= 11 is 0. The maximum Gasteiger partial charge on any atom is 0.149 e. The molecule has 1 N–H and O–H groups in total. The van der Waals surface area contributed by atoms with Crippen molar-refractivity contribution in [3.63, 3.8) is 0 Å². The van der Waals surface area contributed by atoms with Gasteiger partial charge >= 0.3 is 0 Å². The van der Waals surface area contributed by atoms with E-state index in [1.54, 1.807) is 6.07 Å². The Kier molecular flexibility index (Phi) is 10.0. The number of nitrogens with zero attached hydrogens (tertiary/aromatic N) is 3. The fourth-order valence-electron chi connectivity index (χ4n) is 8.75. The Hall–Kier alpha value is -7.04. The first kappa shape index (κ1) is 39.5. The first-order valence-electron chi connectivity index (χ1n) is 24.0. The Bertz CT molecular complexity index is 3250. The standard InChI is InChI=1S/C61H59N3O/c1-39-38-62-53(37-50(39)42-28-30-45(31-29-42)59(2,3)4)44-32-43(33-46(34-44)60(5,6)7)48-25-19-26-54-56(48)63-58(49-24-17-18-27-55(49)65)64(54)57-51(40-20-13-11-14-21-40)35-47(61(8,9)10)36-52(57)41-22-15-12-16-23-41/h11-38,65H,1-10H3/i1D3. The first-order valence-corrected chi connectivity index (χ1v) is 22.5. The van der Waals surface area contributed by atoms with E-state index < -0.39 is 6.85 Å². The van der Waals surface area contributed by atoms with Crippen LogP contribution in [0.25, 0.3) is 83.9 Å². The monoisotopic (exact) mass is 852 g/mol. The number of phenolic OH excluding ortho intramolecular Hbond substituents is 1. The molecule has 4 heteroatoms. The van der Waals surface area contributed by atoms with Crippen LogP contribution in [0.5, 0.6) is 5.75 Å². The molecule has 0 radical (unpaired) electrons. The van der Waals surface area contributed by atoms with Crippen LogP contribution in [0.15, 0.2) is 170 Å². The van der Waals surface area contributed by atoms with Gasteiger partial charge in [-0.3, -0.25) is 9.55 Å².